The molecule has 1 heterocycles. The van der Waals surface area contributed by atoms with E-state index in [4.69, 9.17) is 4.74 Å². The van der Waals surface area contributed by atoms with Gasteiger partial charge in [0.1, 0.15) is 0 Å². The number of nitro benzene ring substituents is 1. The van der Waals surface area contributed by atoms with Crippen molar-refractivity contribution in [2.24, 2.45) is 0 Å². The van der Waals surface area contributed by atoms with Crippen molar-refractivity contribution in [1.29, 1.82) is 0 Å². The Kier molecular flexibility index (Phi) is 4.09. The van der Waals surface area contributed by atoms with Gasteiger partial charge in [-0.25, -0.2) is 4.79 Å². The maximum Gasteiger partial charge on any atom is 0.341 e. The molecule has 0 saturated heterocycles. The Morgan fingerprint density at radius 1 is 1.40 bits per heavy atom. The van der Waals surface area contributed by atoms with Crippen molar-refractivity contribution in [2.75, 3.05) is 6.61 Å². The summed E-state index contributed by atoms with van der Waals surface area (Å²) in [6.45, 7) is 2.48. The zero-order valence-corrected chi connectivity index (χ0v) is 10.9. The molecule has 0 aliphatic rings. The van der Waals surface area contributed by atoms with Crippen molar-refractivity contribution in [3.63, 3.8) is 0 Å². The van der Waals surface area contributed by atoms with Gasteiger partial charge < -0.3 is 4.74 Å². The third-order valence-electron chi connectivity index (χ3n) is 2.64. The van der Waals surface area contributed by atoms with Crippen LogP contribution >= 0.6 is 0 Å². The summed E-state index contributed by atoms with van der Waals surface area (Å²) in [5.41, 5.74) is 1.28. The second-order valence-corrected chi connectivity index (χ2v) is 4.07. The maximum atomic E-state index is 11.5. The van der Waals surface area contributed by atoms with Crippen molar-refractivity contribution in [2.45, 2.75) is 13.5 Å². The summed E-state index contributed by atoms with van der Waals surface area (Å²) in [5.74, 6) is -0.414. The second kappa shape index (κ2) is 5.96. The number of carbonyl (C=O) groups excluding carboxylic acids is 1. The van der Waals surface area contributed by atoms with E-state index in [1.807, 2.05) is 0 Å². The molecule has 1 aromatic heterocycles. The smallest absolute Gasteiger partial charge is 0.341 e. The van der Waals surface area contributed by atoms with E-state index in [0.29, 0.717) is 18.7 Å². The molecule has 0 N–H and O–H groups in total. The zero-order chi connectivity index (χ0) is 14.5. The zero-order valence-electron chi connectivity index (χ0n) is 10.9. The molecule has 0 radical (unpaired) electrons. The number of nitrogens with zero attached hydrogens (tertiary/aromatic N) is 3. The number of benzene rings is 1. The van der Waals surface area contributed by atoms with Gasteiger partial charge in [0.05, 0.1) is 29.8 Å². The minimum absolute atomic E-state index is 0.0430. The van der Waals surface area contributed by atoms with Gasteiger partial charge in [-0.2, -0.15) is 5.10 Å². The molecule has 0 spiro atoms. The third-order valence-corrected chi connectivity index (χ3v) is 2.64. The topological polar surface area (TPSA) is 87.3 Å². The fourth-order valence-corrected chi connectivity index (χ4v) is 1.68. The molecule has 0 unspecified atom stereocenters. The van der Waals surface area contributed by atoms with Crippen LogP contribution in [0.5, 0.6) is 0 Å². The molecule has 0 bridgehead atoms. The van der Waals surface area contributed by atoms with Gasteiger partial charge in [0.2, 0.25) is 0 Å². The average Bonchev–Trinajstić information content (AvgIpc) is 2.88. The predicted octanol–water partition coefficient (Wildman–Crippen LogP) is 2.02. The van der Waals surface area contributed by atoms with Crippen LogP contribution < -0.4 is 0 Å². The van der Waals surface area contributed by atoms with E-state index in [1.165, 1.54) is 18.3 Å². The summed E-state index contributed by atoms with van der Waals surface area (Å²) < 4.78 is 6.44. The number of carbonyl (C=O) groups is 1. The lowest BCUT2D eigenvalue weighted by Crippen LogP contribution is -2.04. The number of hydrogen-bond donors (Lipinski definition) is 0. The predicted molar refractivity (Wildman–Crippen MR) is 70.4 cm³/mol. The number of non-ortho nitro benzene ring substituents is 1. The highest BCUT2D eigenvalue weighted by Crippen LogP contribution is 2.13. The van der Waals surface area contributed by atoms with Crippen LogP contribution in [0, 0.1) is 10.1 Å². The number of rotatable bonds is 5. The lowest BCUT2D eigenvalue weighted by molar-refractivity contribution is -0.384. The van der Waals surface area contributed by atoms with E-state index in [9.17, 15) is 14.9 Å². The summed E-state index contributed by atoms with van der Waals surface area (Å²) in [6.07, 6.45) is 3.02. The van der Waals surface area contributed by atoms with Crippen molar-refractivity contribution >= 4 is 11.7 Å². The van der Waals surface area contributed by atoms with Gasteiger partial charge in [0.25, 0.3) is 5.69 Å². The van der Waals surface area contributed by atoms with E-state index in [2.05, 4.69) is 5.10 Å². The first-order valence-corrected chi connectivity index (χ1v) is 6.03. The molecule has 0 aliphatic heterocycles. The number of hydrogen-bond acceptors (Lipinski definition) is 5. The van der Waals surface area contributed by atoms with Gasteiger partial charge in [0, 0.05) is 18.3 Å². The van der Waals surface area contributed by atoms with Crippen molar-refractivity contribution < 1.29 is 14.5 Å². The Morgan fingerprint density at radius 3 is 2.70 bits per heavy atom. The summed E-state index contributed by atoms with van der Waals surface area (Å²) >= 11 is 0. The first-order chi connectivity index (χ1) is 9.60. The summed E-state index contributed by atoms with van der Waals surface area (Å²) in [6, 6.07) is 6.18. The van der Waals surface area contributed by atoms with Crippen molar-refractivity contribution in [1.82, 2.24) is 9.78 Å². The van der Waals surface area contributed by atoms with Crippen molar-refractivity contribution in [3.8, 4) is 0 Å². The minimum Gasteiger partial charge on any atom is -0.462 e. The molecule has 2 aromatic rings. The first kappa shape index (κ1) is 13.7. The molecule has 0 atom stereocenters. The van der Waals surface area contributed by atoms with E-state index in [-0.39, 0.29) is 5.69 Å². The lowest BCUT2D eigenvalue weighted by Gasteiger charge is -2.01. The Morgan fingerprint density at radius 2 is 2.10 bits per heavy atom. The fraction of sp³-hybridized carbons (Fsp3) is 0.231. The van der Waals surface area contributed by atoms with E-state index < -0.39 is 10.9 Å². The number of esters is 1. The fourth-order valence-electron chi connectivity index (χ4n) is 1.68. The number of aromatic nitrogens is 2. The van der Waals surface area contributed by atoms with Crippen LogP contribution in [-0.2, 0) is 11.3 Å². The molecule has 20 heavy (non-hydrogen) atoms. The van der Waals surface area contributed by atoms with Gasteiger partial charge in [-0.3, -0.25) is 14.8 Å². The van der Waals surface area contributed by atoms with Crippen LogP contribution in [0.4, 0.5) is 5.69 Å². The molecule has 104 valence electrons. The van der Waals surface area contributed by atoms with Gasteiger partial charge >= 0.3 is 5.97 Å². The monoisotopic (exact) mass is 275 g/mol. The molecule has 0 aliphatic carbocycles. The van der Waals surface area contributed by atoms with Gasteiger partial charge in [0.15, 0.2) is 0 Å². The van der Waals surface area contributed by atoms with E-state index >= 15 is 0 Å². The average molecular weight is 275 g/mol. The normalized spacial score (nSPS) is 10.2. The van der Waals surface area contributed by atoms with Gasteiger partial charge in [-0.15, -0.1) is 0 Å². The largest absolute Gasteiger partial charge is 0.462 e. The first-order valence-electron chi connectivity index (χ1n) is 6.03. The molecule has 2 rings (SSSR count). The highest BCUT2D eigenvalue weighted by molar-refractivity contribution is 5.88. The summed E-state index contributed by atoms with van der Waals surface area (Å²) in [4.78, 5) is 21.6. The minimum atomic E-state index is -0.448. The molecule has 7 nitrogen and oxygen atoms in total. The van der Waals surface area contributed by atoms with Crippen LogP contribution in [0.1, 0.15) is 22.8 Å². The quantitative estimate of drug-likeness (QED) is 0.473. The van der Waals surface area contributed by atoms with Crippen LogP contribution in [0.25, 0.3) is 0 Å². The highest BCUT2D eigenvalue weighted by atomic mass is 16.6. The Balaban J connectivity index is 2.06. The van der Waals surface area contributed by atoms with Crippen LogP contribution in [0.15, 0.2) is 36.7 Å². The van der Waals surface area contributed by atoms with E-state index in [1.54, 1.807) is 29.9 Å². The third kappa shape index (κ3) is 3.19. The summed E-state index contributed by atoms with van der Waals surface area (Å²) in [7, 11) is 0. The van der Waals surface area contributed by atoms with Crippen LogP contribution in [0.3, 0.4) is 0 Å². The Labute approximate surface area is 114 Å². The molecule has 1 aromatic carbocycles. The van der Waals surface area contributed by atoms with Gasteiger partial charge in [-0.1, -0.05) is 12.1 Å². The maximum absolute atomic E-state index is 11.5. The Hall–Kier alpha value is -2.70. The number of ether oxygens (including phenoxy) is 1. The van der Waals surface area contributed by atoms with E-state index in [0.717, 1.165) is 5.56 Å². The standard InChI is InChI=1S/C13H13N3O4/c1-2-20-13(17)11-7-14-15(9-11)8-10-3-5-12(6-4-10)16(18)19/h3-7,9H,2,8H2,1H3. The molecule has 0 amide bonds. The van der Waals surface area contributed by atoms with Gasteiger partial charge in [-0.05, 0) is 12.5 Å². The molecule has 7 heteroatoms. The molecular weight excluding hydrogens is 262 g/mol. The summed E-state index contributed by atoms with van der Waals surface area (Å²) in [5, 5.41) is 14.6. The SMILES string of the molecule is CCOC(=O)c1cnn(Cc2ccc([N+](=O)[O-])cc2)c1. The van der Waals surface area contributed by atoms with Crippen LogP contribution in [-0.4, -0.2) is 27.3 Å². The molecule has 0 saturated carbocycles. The second-order valence-electron chi connectivity index (χ2n) is 4.07. The Bertz CT molecular complexity index is 619. The highest BCUT2D eigenvalue weighted by Gasteiger charge is 2.10. The molecule has 0 fully saturated rings. The lowest BCUT2D eigenvalue weighted by atomic mass is 10.2. The molecular formula is C13H13N3O4. The number of nitro groups is 1. The van der Waals surface area contributed by atoms with Crippen LogP contribution in [0.2, 0.25) is 0 Å². The van der Waals surface area contributed by atoms with Crippen molar-refractivity contribution in [3.05, 3.63) is 57.9 Å².